The Bertz CT molecular complexity index is 429. The fraction of sp³-hybridized carbons (Fsp3) is 0.500. The Morgan fingerprint density at radius 3 is 2.44 bits per heavy atom. The van der Waals surface area contributed by atoms with Crippen molar-refractivity contribution in [2.45, 2.75) is 33.2 Å². The first kappa shape index (κ1) is 14.5. The normalized spacial score (nSPS) is 12.2. The first-order valence-electron chi connectivity index (χ1n) is 6.06. The number of benzene rings is 1. The summed E-state index contributed by atoms with van der Waals surface area (Å²) in [5.41, 5.74) is 3.49. The minimum Gasteiger partial charge on any atom is -0.493 e. The summed E-state index contributed by atoms with van der Waals surface area (Å²) >= 11 is 0. The minimum atomic E-state index is -0.849. The molecule has 0 amide bonds. The van der Waals surface area contributed by atoms with E-state index in [0.717, 1.165) is 11.3 Å². The van der Waals surface area contributed by atoms with Gasteiger partial charge in [-0.15, -0.1) is 0 Å². The highest BCUT2D eigenvalue weighted by Gasteiger charge is 2.14. The predicted molar refractivity (Wildman–Crippen MR) is 71.2 cm³/mol. The Hall–Kier alpha value is -1.55. The van der Waals surface area contributed by atoms with Crippen molar-refractivity contribution in [1.82, 2.24) is 5.32 Å². The van der Waals surface area contributed by atoms with E-state index in [1.165, 1.54) is 11.1 Å². The molecule has 0 aliphatic carbocycles. The Labute approximate surface area is 108 Å². The van der Waals surface area contributed by atoms with Crippen molar-refractivity contribution in [2.24, 2.45) is 0 Å². The zero-order valence-corrected chi connectivity index (χ0v) is 11.4. The lowest BCUT2D eigenvalue weighted by Gasteiger charge is -2.14. The van der Waals surface area contributed by atoms with Crippen molar-refractivity contribution in [3.05, 3.63) is 28.8 Å². The van der Waals surface area contributed by atoms with Crippen LogP contribution >= 0.6 is 0 Å². The van der Waals surface area contributed by atoms with Crippen LogP contribution in [0.25, 0.3) is 0 Å². The first-order chi connectivity index (χ1) is 8.45. The molecule has 0 saturated heterocycles. The fourth-order valence-corrected chi connectivity index (χ4v) is 1.77. The third kappa shape index (κ3) is 3.74. The lowest BCUT2D eigenvalue weighted by molar-refractivity contribution is -0.139. The number of carboxylic acid groups (broad SMARTS) is 1. The van der Waals surface area contributed by atoms with Gasteiger partial charge in [-0.05, 0) is 50.6 Å². The Morgan fingerprint density at radius 2 is 1.89 bits per heavy atom. The lowest BCUT2D eigenvalue weighted by atomic mass is 10.1. The highest BCUT2D eigenvalue weighted by atomic mass is 16.5. The molecule has 1 atom stereocenters. The van der Waals surface area contributed by atoms with E-state index in [1.54, 1.807) is 7.05 Å². The minimum absolute atomic E-state index is 0.390. The zero-order valence-electron chi connectivity index (χ0n) is 11.4. The van der Waals surface area contributed by atoms with E-state index < -0.39 is 12.0 Å². The number of nitrogens with one attached hydrogen (secondary N) is 1. The van der Waals surface area contributed by atoms with Gasteiger partial charge in [0.15, 0.2) is 0 Å². The highest BCUT2D eigenvalue weighted by molar-refractivity contribution is 5.73. The number of rotatable bonds is 6. The molecule has 0 saturated carbocycles. The molecular weight excluding hydrogens is 230 g/mol. The number of aryl methyl sites for hydroxylation is 3. The molecule has 4 heteroatoms. The first-order valence-corrected chi connectivity index (χ1v) is 6.06. The summed E-state index contributed by atoms with van der Waals surface area (Å²) in [7, 11) is 1.64. The molecule has 0 aliphatic rings. The molecular formula is C14H21NO3. The average molecular weight is 251 g/mol. The molecule has 0 spiro atoms. The number of hydrogen-bond donors (Lipinski definition) is 2. The van der Waals surface area contributed by atoms with E-state index in [0.29, 0.717) is 13.0 Å². The Morgan fingerprint density at radius 1 is 1.28 bits per heavy atom. The van der Waals surface area contributed by atoms with Crippen molar-refractivity contribution in [1.29, 1.82) is 0 Å². The topological polar surface area (TPSA) is 58.6 Å². The molecule has 0 radical (unpaired) electrons. The molecule has 0 bridgehead atoms. The number of likely N-dealkylation sites (N-methyl/N-ethyl adjacent to an activating group) is 1. The van der Waals surface area contributed by atoms with E-state index in [2.05, 4.69) is 18.3 Å². The largest absolute Gasteiger partial charge is 0.493 e. The number of hydrogen-bond acceptors (Lipinski definition) is 3. The van der Waals surface area contributed by atoms with Crippen LogP contribution in [0.3, 0.4) is 0 Å². The van der Waals surface area contributed by atoms with Gasteiger partial charge in [0.1, 0.15) is 11.8 Å². The van der Waals surface area contributed by atoms with Crippen LogP contribution in [0.2, 0.25) is 0 Å². The number of ether oxygens (including phenoxy) is 1. The molecule has 1 aromatic rings. The van der Waals surface area contributed by atoms with Gasteiger partial charge in [-0.25, -0.2) is 0 Å². The molecule has 0 aliphatic heterocycles. The van der Waals surface area contributed by atoms with Gasteiger partial charge in [0.05, 0.1) is 6.61 Å². The molecule has 4 nitrogen and oxygen atoms in total. The maximum Gasteiger partial charge on any atom is 0.320 e. The van der Waals surface area contributed by atoms with Gasteiger partial charge in [-0.3, -0.25) is 4.79 Å². The van der Waals surface area contributed by atoms with Gasteiger partial charge in [-0.2, -0.15) is 0 Å². The van der Waals surface area contributed by atoms with Crippen LogP contribution in [0.4, 0.5) is 0 Å². The Balaban J connectivity index is 2.59. The molecule has 100 valence electrons. The van der Waals surface area contributed by atoms with Crippen LogP contribution < -0.4 is 10.1 Å². The predicted octanol–water partition coefficient (Wildman–Crippen LogP) is 2.05. The second-order valence-corrected chi connectivity index (χ2v) is 4.52. The maximum absolute atomic E-state index is 10.8. The molecule has 18 heavy (non-hydrogen) atoms. The number of aliphatic carboxylic acids is 1. The van der Waals surface area contributed by atoms with Crippen molar-refractivity contribution in [2.75, 3.05) is 13.7 Å². The van der Waals surface area contributed by atoms with E-state index in [4.69, 9.17) is 9.84 Å². The zero-order chi connectivity index (χ0) is 13.7. The van der Waals surface area contributed by atoms with Crippen LogP contribution in [-0.4, -0.2) is 30.8 Å². The van der Waals surface area contributed by atoms with Gasteiger partial charge in [0.2, 0.25) is 0 Å². The quantitative estimate of drug-likeness (QED) is 0.812. The van der Waals surface area contributed by atoms with Crippen LogP contribution in [-0.2, 0) is 4.79 Å². The third-order valence-electron chi connectivity index (χ3n) is 3.10. The molecule has 0 fully saturated rings. The summed E-state index contributed by atoms with van der Waals surface area (Å²) in [6.07, 6.45) is 0.443. The summed E-state index contributed by atoms with van der Waals surface area (Å²) in [5.74, 6) is -0.0174. The summed E-state index contributed by atoms with van der Waals surface area (Å²) in [4.78, 5) is 10.8. The summed E-state index contributed by atoms with van der Waals surface area (Å²) in [5, 5.41) is 11.6. The van der Waals surface area contributed by atoms with Gasteiger partial charge in [0, 0.05) is 6.42 Å². The Kier molecular flexibility index (Phi) is 5.16. The smallest absolute Gasteiger partial charge is 0.320 e. The van der Waals surface area contributed by atoms with E-state index in [-0.39, 0.29) is 0 Å². The summed E-state index contributed by atoms with van der Waals surface area (Å²) in [6, 6.07) is 3.52. The molecule has 0 aromatic heterocycles. The summed E-state index contributed by atoms with van der Waals surface area (Å²) < 4.78 is 5.65. The molecule has 1 rings (SSSR count). The van der Waals surface area contributed by atoms with Crippen molar-refractivity contribution in [3.8, 4) is 5.75 Å². The molecule has 2 N–H and O–H groups in total. The van der Waals surface area contributed by atoms with Crippen LogP contribution in [0.5, 0.6) is 5.75 Å². The average Bonchev–Trinajstić information content (AvgIpc) is 2.30. The van der Waals surface area contributed by atoms with Gasteiger partial charge < -0.3 is 15.2 Å². The second-order valence-electron chi connectivity index (χ2n) is 4.52. The molecule has 0 heterocycles. The molecule has 1 aromatic carbocycles. The van der Waals surface area contributed by atoms with Crippen molar-refractivity contribution >= 4 is 5.97 Å². The number of carboxylic acids is 1. The van der Waals surface area contributed by atoms with Crippen LogP contribution in [0.15, 0.2) is 12.1 Å². The lowest BCUT2D eigenvalue weighted by Crippen LogP contribution is -2.35. The highest BCUT2D eigenvalue weighted by Crippen LogP contribution is 2.22. The van der Waals surface area contributed by atoms with E-state index in [1.807, 2.05) is 19.9 Å². The third-order valence-corrected chi connectivity index (χ3v) is 3.10. The van der Waals surface area contributed by atoms with Crippen LogP contribution in [0.1, 0.15) is 23.1 Å². The van der Waals surface area contributed by atoms with Crippen LogP contribution in [0, 0.1) is 20.8 Å². The maximum atomic E-state index is 10.8. The van der Waals surface area contributed by atoms with Crippen molar-refractivity contribution in [3.63, 3.8) is 0 Å². The monoisotopic (exact) mass is 251 g/mol. The van der Waals surface area contributed by atoms with E-state index >= 15 is 0 Å². The van der Waals surface area contributed by atoms with Gasteiger partial charge in [-0.1, -0.05) is 6.07 Å². The standard InChI is InChI=1S/C14H21NO3/c1-9-7-11(3)13(8-10(9)2)18-6-5-12(15-4)14(16)17/h7-8,12,15H,5-6H2,1-4H3,(H,16,17). The fourth-order valence-electron chi connectivity index (χ4n) is 1.77. The van der Waals surface area contributed by atoms with Crippen molar-refractivity contribution < 1.29 is 14.6 Å². The van der Waals surface area contributed by atoms with E-state index in [9.17, 15) is 4.79 Å². The van der Waals surface area contributed by atoms with Gasteiger partial charge in [0.25, 0.3) is 0 Å². The molecule has 1 unspecified atom stereocenters. The van der Waals surface area contributed by atoms with Gasteiger partial charge >= 0.3 is 5.97 Å². The number of carbonyl (C=O) groups is 1. The second kappa shape index (κ2) is 6.40. The summed E-state index contributed by atoms with van der Waals surface area (Å²) in [6.45, 7) is 6.48. The SMILES string of the molecule is CNC(CCOc1cc(C)c(C)cc1C)C(=O)O.